The molecule has 134 valence electrons. The number of benzene rings is 2. The van der Waals surface area contributed by atoms with Gasteiger partial charge >= 0.3 is 6.03 Å². The van der Waals surface area contributed by atoms with E-state index in [0.29, 0.717) is 5.69 Å². The molecule has 1 fully saturated rings. The molecule has 0 radical (unpaired) electrons. The number of aryl methyl sites for hydroxylation is 2. The maximum atomic E-state index is 13.0. The third-order valence-electron chi connectivity index (χ3n) is 4.69. The number of hydrogen-bond donors (Lipinski definition) is 1. The number of carbonyl (C=O) groups is 3. The second-order valence-electron chi connectivity index (χ2n) is 6.46. The van der Waals surface area contributed by atoms with Gasteiger partial charge in [-0.25, -0.2) is 9.69 Å². The third kappa shape index (κ3) is 2.71. The van der Waals surface area contributed by atoms with Crippen molar-refractivity contribution in [1.82, 2.24) is 9.88 Å². The van der Waals surface area contributed by atoms with Gasteiger partial charge in [0.2, 0.25) is 0 Å². The summed E-state index contributed by atoms with van der Waals surface area (Å²) in [5, 5.41) is 3.19. The van der Waals surface area contributed by atoms with Crippen LogP contribution in [0, 0.1) is 6.92 Å². The number of urea groups is 1. The minimum atomic E-state index is -0.741. The number of aromatic nitrogens is 1. The molecule has 0 aliphatic carbocycles. The summed E-state index contributed by atoms with van der Waals surface area (Å²) in [6, 6.07) is 14.0. The molecule has 27 heavy (non-hydrogen) atoms. The topological polar surface area (TPSA) is 71.4 Å². The summed E-state index contributed by atoms with van der Waals surface area (Å²) in [7, 11) is 1.90. The normalized spacial score (nSPS) is 16.3. The van der Waals surface area contributed by atoms with E-state index < -0.39 is 17.8 Å². The lowest BCUT2D eigenvalue weighted by atomic mass is 10.1. The summed E-state index contributed by atoms with van der Waals surface area (Å²) in [5.41, 5.74) is 2.87. The van der Waals surface area contributed by atoms with Crippen molar-refractivity contribution in [2.24, 2.45) is 7.05 Å². The maximum Gasteiger partial charge on any atom is 0.335 e. The highest BCUT2D eigenvalue weighted by Gasteiger charge is 2.37. The number of carbonyl (C=O) groups excluding carboxylic acids is 3. The highest BCUT2D eigenvalue weighted by molar-refractivity contribution is 6.39. The molecule has 1 N–H and O–H groups in total. The molecule has 4 amide bonds. The zero-order chi connectivity index (χ0) is 19.1. The van der Waals surface area contributed by atoms with Crippen molar-refractivity contribution in [3.8, 4) is 0 Å². The number of amides is 4. The number of anilines is 1. The van der Waals surface area contributed by atoms with Crippen molar-refractivity contribution in [3.05, 3.63) is 71.4 Å². The molecule has 1 aliphatic heterocycles. The quantitative estimate of drug-likeness (QED) is 0.564. The number of nitrogens with zero attached hydrogens (tertiary/aromatic N) is 2. The van der Waals surface area contributed by atoms with E-state index in [2.05, 4.69) is 5.32 Å². The Morgan fingerprint density at radius 3 is 2.44 bits per heavy atom. The van der Waals surface area contributed by atoms with Gasteiger partial charge in [-0.1, -0.05) is 36.4 Å². The molecule has 0 saturated carbocycles. The number of fused-ring (bicyclic) bond motifs is 1. The Kier molecular flexibility index (Phi) is 3.88. The Hall–Kier alpha value is -3.67. The van der Waals surface area contributed by atoms with Crippen LogP contribution in [0.15, 0.2) is 60.3 Å². The van der Waals surface area contributed by atoms with Crippen LogP contribution in [-0.4, -0.2) is 22.4 Å². The van der Waals surface area contributed by atoms with Gasteiger partial charge in [-0.15, -0.1) is 0 Å². The zero-order valence-corrected chi connectivity index (χ0v) is 14.9. The van der Waals surface area contributed by atoms with Crippen molar-refractivity contribution in [2.75, 3.05) is 4.90 Å². The Bertz CT molecular complexity index is 1140. The number of hydrogen-bond acceptors (Lipinski definition) is 3. The molecule has 0 atom stereocenters. The molecular weight excluding hydrogens is 342 g/mol. The monoisotopic (exact) mass is 359 g/mol. The summed E-state index contributed by atoms with van der Waals surface area (Å²) in [6.45, 7) is 1.81. The molecule has 1 aromatic heterocycles. The third-order valence-corrected chi connectivity index (χ3v) is 4.69. The predicted molar refractivity (Wildman–Crippen MR) is 103 cm³/mol. The molecule has 0 unspecified atom stereocenters. The van der Waals surface area contributed by atoms with Crippen LogP contribution in [0.4, 0.5) is 10.5 Å². The first-order chi connectivity index (χ1) is 13.0. The lowest BCUT2D eigenvalue weighted by Gasteiger charge is -2.27. The number of barbiturate groups is 1. The molecule has 1 aliphatic rings. The predicted octanol–water partition coefficient (Wildman–Crippen LogP) is 3.15. The van der Waals surface area contributed by atoms with Crippen LogP contribution in [0.2, 0.25) is 0 Å². The summed E-state index contributed by atoms with van der Waals surface area (Å²) < 4.78 is 1.93. The van der Waals surface area contributed by atoms with Gasteiger partial charge in [0.05, 0.1) is 5.69 Å². The van der Waals surface area contributed by atoms with Gasteiger partial charge in [-0.3, -0.25) is 14.9 Å². The minimum absolute atomic E-state index is 0.0748. The second-order valence-corrected chi connectivity index (χ2v) is 6.46. The van der Waals surface area contributed by atoms with Crippen molar-refractivity contribution < 1.29 is 14.4 Å². The van der Waals surface area contributed by atoms with Gasteiger partial charge < -0.3 is 4.57 Å². The van der Waals surface area contributed by atoms with E-state index in [1.165, 1.54) is 6.08 Å². The minimum Gasteiger partial charge on any atom is -0.350 e. The van der Waals surface area contributed by atoms with Crippen LogP contribution in [0.25, 0.3) is 17.0 Å². The molecule has 0 bridgehead atoms. The molecule has 4 rings (SSSR count). The van der Waals surface area contributed by atoms with Gasteiger partial charge in [-0.05, 0) is 30.7 Å². The first kappa shape index (κ1) is 16.8. The number of para-hydroxylation sites is 2. The summed E-state index contributed by atoms with van der Waals surface area (Å²) >= 11 is 0. The van der Waals surface area contributed by atoms with E-state index in [9.17, 15) is 14.4 Å². The smallest absolute Gasteiger partial charge is 0.335 e. The first-order valence-corrected chi connectivity index (χ1v) is 8.48. The number of imide groups is 2. The lowest BCUT2D eigenvalue weighted by molar-refractivity contribution is -0.122. The van der Waals surface area contributed by atoms with E-state index in [1.54, 1.807) is 25.1 Å². The molecule has 3 aromatic rings. The fourth-order valence-corrected chi connectivity index (χ4v) is 3.33. The fraction of sp³-hybridized carbons (Fsp3) is 0.0952. The average molecular weight is 359 g/mol. The van der Waals surface area contributed by atoms with Gasteiger partial charge in [-0.2, -0.15) is 0 Å². The molecule has 2 heterocycles. The molecule has 2 aromatic carbocycles. The van der Waals surface area contributed by atoms with Crippen LogP contribution >= 0.6 is 0 Å². The van der Waals surface area contributed by atoms with Crippen LogP contribution in [0.5, 0.6) is 0 Å². The van der Waals surface area contributed by atoms with Crippen LogP contribution in [0.3, 0.4) is 0 Å². The van der Waals surface area contributed by atoms with Gasteiger partial charge in [0.1, 0.15) is 5.57 Å². The van der Waals surface area contributed by atoms with Crippen molar-refractivity contribution in [2.45, 2.75) is 6.92 Å². The summed E-state index contributed by atoms with van der Waals surface area (Å²) in [4.78, 5) is 38.7. The molecule has 1 saturated heterocycles. The van der Waals surface area contributed by atoms with Crippen molar-refractivity contribution in [3.63, 3.8) is 0 Å². The SMILES string of the molecule is Cc1ccccc1N1C(=O)NC(=O)C(=Cc2cn(C)c3ccccc23)C1=O. The van der Waals surface area contributed by atoms with E-state index in [0.717, 1.165) is 26.9 Å². The summed E-state index contributed by atoms with van der Waals surface area (Å²) in [5.74, 6) is -1.33. The number of nitrogens with one attached hydrogen (secondary N) is 1. The van der Waals surface area contributed by atoms with E-state index in [4.69, 9.17) is 0 Å². The van der Waals surface area contributed by atoms with Crippen LogP contribution in [-0.2, 0) is 16.6 Å². The Morgan fingerprint density at radius 2 is 1.67 bits per heavy atom. The highest BCUT2D eigenvalue weighted by Crippen LogP contribution is 2.27. The average Bonchev–Trinajstić information content (AvgIpc) is 2.96. The Balaban J connectivity index is 1.83. The van der Waals surface area contributed by atoms with Crippen LogP contribution in [0.1, 0.15) is 11.1 Å². The summed E-state index contributed by atoms with van der Waals surface area (Å²) in [6.07, 6.45) is 3.39. The van der Waals surface area contributed by atoms with Crippen molar-refractivity contribution >= 4 is 40.5 Å². The lowest BCUT2D eigenvalue weighted by Crippen LogP contribution is -2.54. The molecular formula is C21H17N3O3. The number of rotatable bonds is 2. The standard InChI is InChI=1S/C21H17N3O3/c1-13-7-3-5-9-17(13)24-20(26)16(19(25)22-21(24)27)11-14-12-23(2)18-10-6-4-8-15(14)18/h3-12H,1-2H3,(H,22,25,27). The van der Waals surface area contributed by atoms with Crippen molar-refractivity contribution in [1.29, 1.82) is 0 Å². The van der Waals surface area contributed by atoms with E-state index in [1.807, 2.05) is 48.1 Å². The second kappa shape index (κ2) is 6.25. The maximum absolute atomic E-state index is 13.0. The zero-order valence-electron chi connectivity index (χ0n) is 14.9. The molecule has 6 heteroatoms. The van der Waals surface area contributed by atoms with E-state index >= 15 is 0 Å². The Labute approximate surface area is 155 Å². The van der Waals surface area contributed by atoms with Crippen LogP contribution < -0.4 is 10.2 Å². The van der Waals surface area contributed by atoms with Gasteiger partial charge in [0.15, 0.2) is 0 Å². The highest BCUT2D eigenvalue weighted by atomic mass is 16.2. The fourth-order valence-electron chi connectivity index (χ4n) is 3.33. The first-order valence-electron chi connectivity index (χ1n) is 8.48. The van der Waals surface area contributed by atoms with Gasteiger partial charge in [0.25, 0.3) is 11.8 Å². The molecule has 0 spiro atoms. The van der Waals surface area contributed by atoms with E-state index in [-0.39, 0.29) is 5.57 Å². The largest absolute Gasteiger partial charge is 0.350 e. The Morgan fingerprint density at radius 1 is 0.963 bits per heavy atom. The molecule has 6 nitrogen and oxygen atoms in total. The van der Waals surface area contributed by atoms with Gasteiger partial charge in [0, 0.05) is 29.7 Å².